The molecule has 0 amide bonds. The van der Waals surface area contributed by atoms with E-state index in [-0.39, 0.29) is 0 Å². The second-order valence-electron chi connectivity index (χ2n) is 4.77. The number of nitrogens with zero attached hydrogens (tertiary/aromatic N) is 4. The molecule has 108 valence electrons. The Morgan fingerprint density at radius 1 is 1.10 bits per heavy atom. The molecule has 0 saturated heterocycles. The van der Waals surface area contributed by atoms with E-state index in [2.05, 4.69) is 57.0 Å². The van der Waals surface area contributed by atoms with E-state index in [1.807, 2.05) is 17.6 Å². The van der Waals surface area contributed by atoms with Gasteiger partial charge in [-0.3, -0.25) is 4.40 Å². The quantitative estimate of drug-likeness (QED) is 0.752. The molecule has 0 aliphatic rings. The average Bonchev–Trinajstić information content (AvgIpc) is 2.97. The predicted molar refractivity (Wildman–Crippen MR) is 83.5 cm³/mol. The van der Waals surface area contributed by atoms with Crippen LogP contribution in [0, 0.1) is 0 Å². The third kappa shape index (κ3) is 2.65. The molecule has 0 unspecified atom stereocenters. The van der Waals surface area contributed by atoms with Gasteiger partial charge in [0.1, 0.15) is 0 Å². The maximum absolute atomic E-state index is 4.34. The van der Waals surface area contributed by atoms with Crippen LogP contribution in [-0.2, 0) is 13.0 Å². The summed E-state index contributed by atoms with van der Waals surface area (Å²) >= 11 is 0. The molecule has 0 radical (unpaired) electrons. The molecule has 6 nitrogen and oxygen atoms in total. The van der Waals surface area contributed by atoms with Crippen molar-refractivity contribution >= 4 is 17.4 Å². The summed E-state index contributed by atoms with van der Waals surface area (Å²) in [6.07, 6.45) is 4.63. The van der Waals surface area contributed by atoms with Gasteiger partial charge < -0.3 is 10.6 Å². The first kappa shape index (κ1) is 13.4. The van der Waals surface area contributed by atoms with E-state index >= 15 is 0 Å². The van der Waals surface area contributed by atoms with E-state index in [1.54, 1.807) is 6.20 Å². The van der Waals surface area contributed by atoms with Crippen LogP contribution in [0.3, 0.4) is 0 Å². The molecule has 0 fully saturated rings. The minimum absolute atomic E-state index is 0.697. The minimum atomic E-state index is 0.697. The Hall–Kier alpha value is -2.63. The minimum Gasteiger partial charge on any atom is -0.363 e. The lowest BCUT2D eigenvalue weighted by Crippen LogP contribution is -2.04. The van der Waals surface area contributed by atoms with Crippen LogP contribution in [0.5, 0.6) is 0 Å². The number of benzene rings is 1. The number of anilines is 2. The fourth-order valence-electron chi connectivity index (χ4n) is 2.20. The van der Waals surface area contributed by atoms with Gasteiger partial charge >= 0.3 is 0 Å². The molecule has 3 rings (SSSR count). The molecular weight excluding hydrogens is 264 g/mol. The smallest absolute Gasteiger partial charge is 0.228 e. The molecule has 2 heterocycles. The van der Waals surface area contributed by atoms with Crippen molar-refractivity contribution in [2.24, 2.45) is 0 Å². The highest BCUT2D eigenvalue weighted by atomic mass is 15.3. The normalized spacial score (nSPS) is 10.8. The molecule has 3 aromatic rings. The van der Waals surface area contributed by atoms with Gasteiger partial charge in [0.05, 0.1) is 0 Å². The van der Waals surface area contributed by atoms with Gasteiger partial charge in [-0.25, -0.2) is 4.98 Å². The van der Waals surface area contributed by atoms with Crippen LogP contribution in [0.4, 0.5) is 11.8 Å². The van der Waals surface area contributed by atoms with Gasteiger partial charge in [0.25, 0.3) is 0 Å². The van der Waals surface area contributed by atoms with Gasteiger partial charge in [0.15, 0.2) is 5.82 Å². The van der Waals surface area contributed by atoms with Crippen LogP contribution in [0.25, 0.3) is 5.65 Å². The van der Waals surface area contributed by atoms with E-state index < -0.39 is 0 Å². The first-order valence-electron chi connectivity index (χ1n) is 7.01. The Labute approximate surface area is 123 Å². The Morgan fingerprint density at radius 3 is 2.57 bits per heavy atom. The number of aryl methyl sites for hydroxylation is 1. The molecule has 21 heavy (non-hydrogen) atoms. The van der Waals surface area contributed by atoms with Gasteiger partial charge in [-0.05, 0) is 17.5 Å². The van der Waals surface area contributed by atoms with Crippen LogP contribution >= 0.6 is 0 Å². The third-order valence-corrected chi connectivity index (χ3v) is 3.44. The first-order valence-corrected chi connectivity index (χ1v) is 7.01. The molecule has 2 N–H and O–H groups in total. The van der Waals surface area contributed by atoms with Gasteiger partial charge in [-0.1, -0.05) is 31.2 Å². The largest absolute Gasteiger partial charge is 0.363 e. The maximum Gasteiger partial charge on any atom is 0.228 e. The lowest BCUT2D eigenvalue weighted by atomic mass is 10.1. The van der Waals surface area contributed by atoms with E-state index in [9.17, 15) is 0 Å². The monoisotopic (exact) mass is 282 g/mol. The number of nitrogens with one attached hydrogen (secondary N) is 2. The summed E-state index contributed by atoms with van der Waals surface area (Å²) in [4.78, 5) is 4.34. The summed E-state index contributed by atoms with van der Waals surface area (Å²) in [5.41, 5.74) is 3.27. The van der Waals surface area contributed by atoms with Crippen LogP contribution in [-0.4, -0.2) is 26.6 Å². The van der Waals surface area contributed by atoms with Gasteiger partial charge in [0.2, 0.25) is 11.6 Å². The maximum atomic E-state index is 4.34. The second-order valence-corrected chi connectivity index (χ2v) is 4.77. The van der Waals surface area contributed by atoms with Crippen molar-refractivity contribution in [1.82, 2.24) is 19.6 Å². The molecule has 0 aliphatic heterocycles. The van der Waals surface area contributed by atoms with E-state index in [0.29, 0.717) is 18.1 Å². The standard InChI is InChI=1S/C15H18N6/c1-3-11-4-6-12(7-5-11)10-18-13-14-19-20-15(16-2)21(14)9-8-17-13/h4-9H,3,10H2,1-2H3,(H,16,20)(H,17,18). The first-order chi connectivity index (χ1) is 10.3. The van der Waals surface area contributed by atoms with Crippen molar-refractivity contribution in [2.45, 2.75) is 19.9 Å². The van der Waals surface area contributed by atoms with Gasteiger partial charge in [-0.2, -0.15) is 0 Å². The second kappa shape index (κ2) is 5.78. The van der Waals surface area contributed by atoms with E-state index in [1.165, 1.54) is 11.1 Å². The van der Waals surface area contributed by atoms with Crippen LogP contribution < -0.4 is 10.6 Å². The third-order valence-electron chi connectivity index (χ3n) is 3.44. The van der Waals surface area contributed by atoms with Crippen LogP contribution in [0.1, 0.15) is 18.1 Å². The van der Waals surface area contributed by atoms with Crippen molar-refractivity contribution in [3.63, 3.8) is 0 Å². The van der Waals surface area contributed by atoms with Crippen molar-refractivity contribution < 1.29 is 0 Å². The van der Waals surface area contributed by atoms with E-state index in [4.69, 9.17) is 0 Å². The molecule has 0 aliphatic carbocycles. The molecule has 6 heteroatoms. The zero-order chi connectivity index (χ0) is 14.7. The zero-order valence-electron chi connectivity index (χ0n) is 12.2. The Balaban J connectivity index is 1.79. The van der Waals surface area contributed by atoms with Crippen molar-refractivity contribution in [3.05, 3.63) is 47.8 Å². The zero-order valence-corrected chi connectivity index (χ0v) is 12.2. The van der Waals surface area contributed by atoms with Gasteiger partial charge in [0, 0.05) is 26.0 Å². The SMILES string of the molecule is CCc1ccc(CNc2nccn3c(NC)nnc23)cc1. The summed E-state index contributed by atoms with van der Waals surface area (Å²) in [7, 11) is 1.82. The number of fused-ring (bicyclic) bond motifs is 1. The fraction of sp³-hybridized carbons (Fsp3) is 0.267. The molecule has 0 bridgehead atoms. The van der Waals surface area contributed by atoms with Crippen LogP contribution in [0.2, 0.25) is 0 Å². The average molecular weight is 282 g/mol. The molecule has 1 aromatic carbocycles. The Bertz CT molecular complexity index is 732. The highest BCUT2D eigenvalue weighted by Gasteiger charge is 2.08. The number of hydrogen-bond donors (Lipinski definition) is 2. The van der Waals surface area contributed by atoms with E-state index in [0.717, 1.165) is 12.2 Å². The highest BCUT2D eigenvalue weighted by Crippen LogP contribution is 2.15. The number of hydrogen-bond acceptors (Lipinski definition) is 5. The summed E-state index contributed by atoms with van der Waals surface area (Å²) in [6, 6.07) is 8.58. The molecular formula is C15H18N6. The predicted octanol–water partition coefficient (Wildman–Crippen LogP) is 2.34. The van der Waals surface area contributed by atoms with Crippen molar-refractivity contribution in [3.8, 4) is 0 Å². The van der Waals surface area contributed by atoms with Gasteiger partial charge in [-0.15, -0.1) is 10.2 Å². The van der Waals surface area contributed by atoms with Crippen molar-refractivity contribution in [1.29, 1.82) is 0 Å². The summed E-state index contributed by atoms with van der Waals surface area (Å²) in [5.74, 6) is 1.42. The number of aromatic nitrogens is 4. The number of rotatable bonds is 5. The topological polar surface area (TPSA) is 67.1 Å². The van der Waals surface area contributed by atoms with Crippen LogP contribution in [0.15, 0.2) is 36.7 Å². The Morgan fingerprint density at radius 2 is 1.86 bits per heavy atom. The molecule has 0 spiro atoms. The van der Waals surface area contributed by atoms with Crippen molar-refractivity contribution in [2.75, 3.05) is 17.7 Å². The summed E-state index contributed by atoms with van der Waals surface area (Å²) < 4.78 is 1.87. The molecule has 0 atom stereocenters. The lowest BCUT2D eigenvalue weighted by molar-refractivity contribution is 1.06. The lowest BCUT2D eigenvalue weighted by Gasteiger charge is -2.07. The fourth-order valence-corrected chi connectivity index (χ4v) is 2.20. The molecule has 0 saturated carbocycles. The highest BCUT2D eigenvalue weighted by molar-refractivity contribution is 5.64. The summed E-state index contributed by atoms with van der Waals surface area (Å²) in [6.45, 7) is 2.86. The molecule has 2 aromatic heterocycles. The summed E-state index contributed by atoms with van der Waals surface area (Å²) in [5, 5.41) is 14.5. The Kier molecular flexibility index (Phi) is 3.68.